The number of thioether (sulfide) groups is 1. The minimum atomic E-state index is -4.38. The topological polar surface area (TPSA) is 25.8 Å². The molecule has 4 aromatic rings. The normalized spacial score (nSPS) is 11.5. The Labute approximate surface area is 187 Å². The third-order valence-corrected chi connectivity index (χ3v) is 5.73. The van der Waals surface area contributed by atoms with E-state index in [0.717, 1.165) is 23.3 Å². The Balaban J connectivity index is 1.71. The third kappa shape index (κ3) is 5.46. The molecular weight excluding hydrogens is 441 g/mol. The number of hydrogen-bond acceptors (Lipinski definition) is 3. The van der Waals surface area contributed by atoms with Crippen LogP contribution < -0.4 is 0 Å². The Morgan fingerprint density at radius 1 is 0.742 bits per heavy atom. The highest BCUT2D eigenvalue weighted by atomic mass is 35.5. The molecule has 7 heteroatoms. The first-order chi connectivity index (χ1) is 14.9. The first kappa shape index (κ1) is 21.4. The van der Waals surface area contributed by atoms with Crippen molar-refractivity contribution in [2.75, 3.05) is 0 Å². The second-order valence-corrected chi connectivity index (χ2v) is 8.16. The van der Waals surface area contributed by atoms with Gasteiger partial charge in [0.05, 0.1) is 17.0 Å². The Morgan fingerprint density at radius 2 is 1.29 bits per heavy atom. The summed E-state index contributed by atoms with van der Waals surface area (Å²) in [5.41, 5.74) is 3.11. The van der Waals surface area contributed by atoms with E-state index in [0.29, 0.717) is 32.9 Å². The van der Waals surface area contributed by atoms with Gasteiger partial charge in [-0.1, -0.05) is 78.0 Å². The molecule has 31 heavy (non-hydrogen) atoms. The van der Waals surface area contributed by atoms with Crippen LogP contribution in [0.25, 0.3) is 22.5 Å². The molecule has 0 amide bonds. The quantitative estimate of drug-likeness (QED) is 0.226. The summed E-state index contributed by atoms with van der Waals surface area (Å²) in [6.07, 6.45) is -4.38. The Kier molecular flexibility index (Phi) is 6.30. The van der Waals surface area contributed by atoms with Gasteiger partial charge in [-0.15, -0.1) is 0 Å². The second-order valence-electron chi connectivity index (χ2n) is 6.78. The highest BCUT2D eigenvalue weighted by Crippen LogP contribution is 2.32. The molecule has 0 atom stereocenters. The van der Waals surface area contributed by atoms with Crippen LogP contribution in [0.4, 0.5) is 13.2 Å². The first-order valence-electron chi connectivity index (χ1n) is 9.38. The van der Waals surface area contributed by atoms with E-state index in [1.807, 2.05) is 42.5 Å². The molecule has 3 aromatic carbocycles. The van der Waals surface area contributed by atoms with Gasteiger partial charge in [-0.05, 0) is 35.9 Å². The molecule has 0 saturated heterocycles. The fourth-order valence-corrected chi connectivity index (χ4v) is 3.90. The SMILES string of the molecule is FC(F)(F)c1ccc(-c2cc(-c3ccc(Cl)cc3)nc(SCc3ccccc3)n2)cc1. The van der Waals surface area contributed by atoms with Gasteiger partial charge in [-0.2, -0.15) is 13.2 Å². The molecule has 0 radical (unpaired) electrons. The van der Waals surface area contributed by atoms with Crippen LogP contribution in [-0.4, -0.2) is 9.97 Å². The van der Waals surface area contributed by atoms with Crippen molar-refractivity contribution in [3.05, 3.63) is 101 Å². The number of rotatable bonds is 5. The van der Waals surface area contributed by atoms with E-state index in [9.17, 15) is 13.2 Å². The van der Waals surface area contributed by atoms with E-state index in [1.165, 1.54) is 23.9 Å². The number of benzene rings is 3. The van der Waals surface area contributed by atoms with E-state index in [4.69, 9.17) is 11.6 Å². The van der Waals surface area contributed by atoms with E-state index in [1.54, 1.807) is 18.2 Å². The van der Waals surface area contributed by atoms with E-state index in [-0.39, 0.29) is 0 Å². The summed E-state index contributed by atoms with van der Waals surface area (Å²) in [6, 6.07) is 24.0. The van der Waals surface area contributed by atoms with Crippen molar-refractivity contribution in [2.24, 2.45) is 0 Å². The van der Waals surface area contributed by atoms with Crippen LogP contribution in [0.5, 0.6) is 0 Å². The van der Waals surface area contributed by atoms with Gasteiger partial charge < -0.3 is 0 Å². The number of hydrogen-bond donors (Lipinski definition) is 0. The zero-order valence-corrected chi connectivity index (χ0v) is 17.7. The van der Waals surface area contributed by atoms with Gasteiger partial charge in [-0.3, -0.25) is 0 Å². The smallest absolute Gasteiger partial charge is 0.222 e. The van der Waals surface area contributed by atoms with Crippen molar-refractivity contribution in [2.45, 2.75) is 17.1 Å². The molecule has 1 aromatic heterocycles. The molecule has 0 aliphatic rings. The second kappa shape index (κ2) is 9.12. The lowest BCUT2D eigenvalue weighted by Gasteiger charge is -2.10. The lowest BCUT2D eigenvalue weighted by atomic mass is 10.1. The molecule has 0 unspecified atom stereocenters. The summed E-state index contributed by atoms with van der Waals surface area (Å²) in [4.78, 5) is 9.26. The van der Waals surface area contributed by atoms with Crippen molar-refractivity contribution in [3.8, 4) is 22.5 Å². The standard InChI is InChI=1S/C24H16ClF3N2S/c25-20-12-8-18(9-13-20)22-14-21(17-6-10-19(11-7-17)24(26,27)28)29-23(30-22)31-15-16-4-2-1-3-5-16/h1-14H,15H2. The van der Waals surface area contributed by atoms with Gasteiger partial charge in [0.15, 0.2) is 5.16 Å². The summed E-state index contributed by atoms with van der Waals surface area (Å²) >= 11 is 7.47. The van der Waals surface area contributed by atoms with Crippen LogP contribution in [-0.2, 0) is 11.9 Å². The number of halogens is 4. The zero-order chi connectivity index (χ0) is 21.8. The minimum Gasteiger partial charge on any atom is -0.222 e. The van der Waals surface area contributed by atoms with Crippen LogP contribution in [0, 0.1) is 0 Å². The molecule has 0 aliphatic carbocycles. The van der Waals surface area contributed by atoms with E-state index in [2.05, 4.69) is 9.97 Å². The summed E-state index contributed by atoms with van der Waals surface area (Å²) in [5.74, 6) is 0.678. The fourth-order valence-electron chi connectivity index (χ4n) is 2.96. The van der Waals surface area contributed by atoms with E-state index >= 15 is 0 Å². The average Bonchev–Trinajstić information content (AvgIpc) is 2.78. The number of aromatic nitrogens is 2. The average molecular weight is 457 g/mol. The fraction of sp³-hybridized carbons (Fsp3) is 0.0833. The van der Waals surface area contributed by atoms with Crippen molar-refractivity contribution < 1.29 is 13.2 Å². The van der Waals surface area contributed by atoms with Crippen molar-refractivity contribution >= 4 is 23.4 Å². The van der Waals surface area contributed by atoms with Gasteiger partial charge in [0.1, 0.15) is 0 Å². The Morgan fingerprint density at radius 3 is 1.84 bits per heavy atom. The zero-order valence-electron chi connectivity index (χ0n) is 16.1. The van der Waals surface area contributed by atoms with Gasteiger partial charge in [0, 0.05) is 21.9 Å². The molecule has 4 rings (SSSR count). The van der Waals surface area contributed by atoms with Gasteiger partial charge >= 0.3 is 6.18 Å². The molecule has 156 valence electrons. The third-order valence-electron chi connectivity index (χ3n) is 4.56. The maximum absolute atomic E-state index is 12.9. The molecule has 0 saturated carbocycles. The highest BCUT2D eigenvalue weighted by Gasteiger charge is 2.30. The van der Waals surface area contributed by atoms with Crippen molar-refractivity contribution in [1.29, 1.82) is 0 Å². The molecule has 1 heterocycles. The lowest BCUT2D eigenvalue weighted by molar-refractivity contribution is -0.137. The first-order valence-corrected chi connectivity index (χ1v) is 10.7. The van der Waals surface area contributed by atoms with Crippen LogP contribution in [0.2, 0.25) is 5.02 Å². The van der Waals surface area contributed by atoms with Crippen molar-refractivity contribution in [3.63, 3.8) is 0 Å². The molecule has 0 fully saturated rings. The molecule has 2 nitrogen and oxygen atoms in total. The summed E-state index contributed by atoms with van der Waals surface area (Å²) in [7, 11) is 0. The summed E-state index contributed by atoms with van der Waals surface area (Å²) in [6.45, 7) is 0. The largest absolute Gasteiger partial charge is 0.416 e. The number of nitrogens with zero attached hydrogens (tertiary/aromatic N) is 2. The Hall–Kier alpha value is -2.83. The predicted octanol–water partition coefficient (Wildman–Crippen LogP) is 7.78. The van der Waals surface area contributed by atoms with Gasteiger partial charge in [0.2, 0.25) is 0 Å². The molecular formula is C24H16ClF3N2S. The van der Waals surface area contributed by atoms with Crippen molar-refractivity contribution in [1.82, 2.24) is 9.97 Å². The molecule has 0 aliphatic heterocycles. The predicted molar refractivity (Wildman–Crippen MR) is 119 cm³/mol. The van der Waals surface area contributed by atoms with Crippen LogP contribution in [0.1, 0.15) is 11.1 Å². The van der Waals surface area contributed by atoms with Crippen LogP contribution in [0.15, 0.2) is 90.1 Å². The molecule has 0 spiro atoms. The maximum Gasteiger partial charge on any atom is 0.416 e. The lowest BCUT2D eigenvalue weighted by Crippen LogP contribution is -2.04. The van der Waals surface area contributed by atoms with Gasteiger partial charge in [0.25, 0.3) is 0 Å². The maximum atomic E-state index is 12.9. The van der Waals surface area contributed by atoms with E-state index < -0.39 is 11.7 Å². The molecule has 0 bridgehead atoms. The number of alkyl halides is 3. The minimum absolute atomic E-state index is 0.547. The molecule has 0 N–H and O–H groups in total. The Bertz CT molecular complexity index is 1160. The van der Waals surface area contributed by atoms with Crippen LogP contribution in [0.3, 0.4) is 0 Å². The van der Waals surface area contributed by atoms with Crippen LogP contribution >= 0.6 is 23.4 Å². The highest BCUT2D eigenvalue weighted by molar-refractivity contribution is 7.98. The summed E-state index contributed by atoms with van der Waals surface area (Å²) < 4.78 is 38.8. The summed E-state index contributed by atoms with van der Waals surface area (Å²) in [5, 5.41) is 1.16. The monoisotopic (exact) mass is 456 g/mol. The van der Waals surface area contributed by atoms with Gasteiger partial charge in [-0.25, -0.2) is 9.97 Å².